The largest absolute Gasteiger partial charge is 0.489 e. The van der Waals surface area contributed by atoms with Gasteiger partial charge in [-0.05, 0) is 48.0 Å². The molecule has 3 heterocycles. The zero-order valence-electron chi connectivity index (χ0n) is 19.0. The van der Waals surface area contributed by atoms with Crippen molar-refractivity contribution in [3.8, 4) is 5.75 Å². The molecule has 6 nitrogen and oxygen atoms in total. The van der Waals surface area contributed by atoms with Gasteiger partial charge >= 0.3 is 4.87 Å². The minimum absolute atomic E-state index is 0.248. The molecule has 37 heavy (non-hydrogen) atoms. The monoisotopic (exact) mass is 552 g/mol. The molecule has 1 fully saturated rings. The van der Waals surface area contributed by atoms with Crippen molar-refractivity contribution in [2.24, 2.45) is 5.92 Å². The number of imide groups is 1. The Morgan fingerprint density at radius 2 is 1.76 bits per heavy atom. The molecule has 0 spiro atoms. The molecule has 1 N–H and O–H groups in total. The standard InChI is InChI=1S/C27H18ClFN2O4S2/c28-15-5-3-4-14(12-15)13-35-19-7-2-1-6-18(19)20-21-23(36-24-22(20)37-27(34)30-24)26(33)31(25(21)32)17-10-8-16(29)9-11-17/h1-12,20-21,23H,13H2,(H,30,34)/t20-,21?,23?/m1/s1. The summed E-state index contributed by atoms with van der Waals surface area (Å²) < 4.78 is 19.7. The van der Waals surface area contributed by atoms with Gasteiger partial charge in [-0.2, -0.15) is 0 Å². The summed E-state index contributed by atoms with van der Waals surface area (Å²) in [5.74, 6) is -2.05. The zero-order chi connectivity index (χ0) is 25.7. The predicted octanol–water partition coefficient (Wildman–Crippen LogP) is 5.60. The molecule has 3 atom stereocenters. The van der Waals surface area contributed by atoms with Crippen molar-refractivity contribution >= 4 is 52.2 Å². The first kappa shape index (κ1) is 24.0. The summed E-state index contributed by atoms with van der Waals surface area (Å²) in [6.07, 6.45) is 0. The Kier molecular flexibility index (Phi) is 6.14. The highest BCUT2D eigenvalue weighted by Crippen LogP contribution is 2.54. The number of halogens is 2. The van der Waals surface area contributed by atoms with Gasteiger partial charge in [0, 0.05) is 21.4 Å². The number of aromatic nitrogens is 1. The van der Waals surface area contributed by atoms with Crippen molar-refractivity contribution in [2.45, 2.75) is 22.8 Å². The second kappa shape index (κ2) is 9.48. The molecule has 6 rings (SSSR count). The topological polar surface area (TPSA) is 79.5 Å². The maximum Gasteiger partial charge on any atom is 0.305 e. The number of fused-ring (bicyclic) bond motifs is 2. The van der Waals surface area contributed by atoms with E-state index in [0.29, 0.717) is 31.9 Å². The van der Waals surface area contributed by atoms with Gasteiger partial charge in [0.05, 0.1) is 16.6 Å². The van der Waals surface area contributed by atoms with Gasteiger partial charge in [0.2, 0.25) is 11.8 Å². The number of H-pyrrole nitrogens is 1. The number of carbonyl (C=O) groups excluding carboxylic acids is 2. The highest BCUT2D eigenvalue weighted by molar-refractivity contribution is 8.00. The summed E-state index contributed by atoms with van der Waals surface area (Å²) in [5, 5.41) is 0.425. The molecular formula is C27H18ClFN2O4S2. The second-order valence-electron chi connectivity index (χ2n) is 8.69. The SMILES string of the molecule is O=C1C2Sc3[nH]c(=O)sc3[C@H](c3ccccc3OCc3cccc(Cl)c3)C2C(=O)N1c1ccc(F)cc1. The highest BCUT2D eigenvalue weighted by atomic mass is 35.5. The van der Waals surface area contributed by atoms with Crippen LogP contribution in [-0.4, -0.2) is 22.0 Å². The fourth-order valence-corrected chi connectivity index (χ4v) is 7.57. The van der Waals surface area contributed by atoms with Crippen LogP contribution in [-0.2, 0) is 16.2 Å². The van der Waals surface area contributed by atoms with Crippen LogP contribution in [0.25, 0.3) is 0 Å². The van der Waals surface area contributed by atoms with E-state index in [2.05, 4.69) is 4.98 Å². The number of aromatic amines is 1. The van der Waals surface area contributed by atoms with Gasteiger partial charge in [-0.1, -0.05) is 65.0 Å². The number of thioether (sulfide) groups is 1. The van der Waals surface area contributed by atoms with E-state index in [1.165, 1.54) is 36.0 Å². The van der Waals surface area contributed by atoms with E-state index in [1.54, 1.807) is 6.07 Å². The smallest absolute Gasteiger partial charge is 0.305 e. The Morgan fingerprint density at radius 3 is 2.54 bits per heavy atom. The quantitative estimate of drug-likeness (QED) is 0.326. The number of carbonyl (C=O) groups is 2. The molecule has 1 saturated heterocycles. The number of benzene rings is 3. The molecule has 3 aromatic carbocycles. The van der Waals surface area contributed by atoms with Crippen LogP contribution in [0.5, 0.6) is 5.75 Å². The fraction of sp³-hybridized carbons (Fsp3) is 0.148. The van der Waals surface area contributed by atoms with Crippen LogP contribution in [0.1, 0.15) is 21.9 Å². The van der Waals surface area contributed by atoms with Crippen LogP contribution < -0.4 is 14.5 Å². The Morgan fingerprint density at radius 1 is 0.973 bits per heavy atom. The summed E-state index contributed by atoms with van der Waals surface area (Å²) >= 11 is 8.34. The number of thiazole rings is 1. The number of hydrogen-bond acceptors (Lipinski definition) is 6. The Balaban J connectivity index is 1.42. The third-order valence-corrected chi connectivity index (χ3v) is 9.08. The number of nitrogens with one attached hydrogen (secondary N) is 1. The molecule has 0 saturated carbocycles. The summed E-state index contributed by atoms with van der Waals surface area (Å²) in [5.41, 5.74) is 1.90. The van der Waals surface area contributed by atoms with Crippen LogP contribution in [0.3, 0.4) is 0 Å². The Bertz CT molecular complexity index is 1590. The normalized spacial score (nSPS) is 20.6. The average Bonchev–Trinajstić information content (AvgIpc) is 3.38. The molecule has 186 valence electrons. The minimum Gasteiger partial charge on any atom is -0.489 e. The zero-order valence-corrected chi connectivity index (χ0v) is 21.4. The molecule has 0 bridgehead atoms. The van der Waals surface area contributed by atoms with Crippen LogP contribution in [0, 0.1) is 11.7 Å². The summed E-state index contributed by atoms with van der Waals surface area (Å²) in [6.45, 7) is 0.248. The lowest BCUT2D eigenvalue weighted by atomic mass is 9.82. The van der Waals surface area contributed by atoms with Crippen molar-refractivity contribution in [3.63, 3.8) is 0 Å². The maximum atomic E-state index is 13.8. The summed E-state index contributed by atoms with van der Waals surface area (Å²) in [4.78, 5) is 44.1. The summed E-state index contributed by atoms with van der Waals surface area (Å²) in [7, 11) is 0. The molecule has 4 aromatic rings. The Hall–Kier alpha value is -3.40. The lowest BCUT2D eigenvalue weighted by Gasteiger charge is -2.30. The van der Waals surface area contributed by atoms with Crippen molar-refractivity contribution in [1.82, 2.24) is 4.98 Å². The lowest BCUT2D eigenvalue weighted by Crippen LogP contribution is -2.32. The second-order valence-corrected chi connectivity index (χ2v) is 11.3. The first-order valence-electron chi connectivity index (χ1n) is 11.4. The lowest BCUT2D eigenvalue weighted by molar-refractivity contribution is -0.122. The maximum absolute atomic E-state index is 13.8. The minimum atomic E-state index is -0.766. The van der Waals surface area contributed by atoms with E-state index >= 15 is 0 Å². The number of nitrogens with zero attached hydrogens (tertiary/aromatic N) is 1. The third-order valence-electron chi connectivity index (χ3n) is 6.45. The van der Waals surface area contributed by atoms with Gasteiger partial charge in [-0.25, -0.2) is 9.29 Å². The van der Waals surface area contributed by atoms with Crippen molar-refractivity contribution in [3.05, 3.63) is 109 Å². The first-order valence-corrected chi connectivity index (χ1v) is 13.5. The van der Waals surface area contributed by atoms with Gasteiger partial charge in [0.15, 0.2) is 0 Å². The van der Waals surface area contributed by atoms with Crippen molar-refractivity contribution < 1.29 is 18.7 Å². The number of hydrogen-bond donors (Lipinski definition) is 1. The van der Waals surface area contributed by atoms with Crippen molar-refractivity contribution in [2.75, 3.05) is 4.90 Å². The van der Waals surface area contributed by atoms with Gasteiger partial charge in [0.1, 0.15) is 23.4 Å². The van der Waals surface area contributed by atoms with Gasteiger partial charge < -0.3 is 9.72 Å². The number of ether oxygens (including phenoxy) is 1. The van der Waals surface area contributed by atoms with E-state index in [4.69, 9.17) is 16.3 Å². The van der Waals surface area contributed by atoms with E-state index in [-0.39, 0.29) is 11.5 Å². The Labute approximate surface area is 224 Å². The molecule has 2 unspecified atom stereocenters. The molecule has 1 aromatic heterocycles. The molecule has 0 aliphatic carbocycles. The summed E-state index contributed by atoms with van der Waals surface area (Å²) in [6, 6.07) is 19.9. The van der Waals surface area contributed by atoms with Crippen LogP contribution >= 0.6 is 34.7 Å². The molecule has 0 radical (unpaired) electrons. The third kappa shape index (κ3) is 4.27. The number of amides is 2. The van der Waals surface area contributed by atoms with E-state index in [0.717, 1.165) is 21.8 Å². The highest BCUT2D eigenvalue weighted by Gasteiger charge is 2.56. The molecule has 2 aliphatic rings. The predicted molar refractivity (Wildman–Crippen MR) is 141 cm³/mol. The van der Waals surface area contributed by atoms with E-state index in [1.807, 2.05) is 42.5 Å². The molecule has 10 heteroatoms. The number of rotatable bonds is 5. The number of anilines is 1. The van der Waals surface area contributed by atoms with Gasteiger partial charge in [0.25, 0.3) is 0 Å². The fourth-order valence-electron chi connectivity index (χ4n) is 4.85. The van der Waals surface area contributed by atoms with Crippen LogP contribution in [0.15, 0.2) is 82.6 Å². The molecule has 2 amide bonds. The van der Waals surface area contributed by atoms with Crippen molar-refractivity contribution in [1.29, 1.82) is 0 Å². The van der Waals surface area contributed by atoms with E-state index < -0.39 is 34.7 Å². The molecular weight excluding hydrogens is 535 g/mol. The van der Waals surface area contributed by atoms with Crippen LogP contribution in [0.4, 0.5) is 10.1 Å². The average molecular weight is 553 g/mol. The number of para-hydroxylation sites is 1. The first-order chi connectivity index (χ1) is 17.9. The van der Waals surface area contributed by atoms with E-state index in [9.17, 15) is 18.8 Å². The molecule has 2 aliphatic heterocycles. The van der Waals surface area contributed by atoms with Crippen LogP contribution in [0.2, 0.25) is 5.02 Å². The van der Waals surface area contributed by atoms with Gasteiger partial charge in [-0.3, -0.25) is 14.4 Å². The van der Waals surface area contributed by atoms with Gasteiger partial charge in [-0.15, -0.1) is 0 Å².